The van der Waals surface area contributed by atoms with E-state index in [1.54, 1.807) is 24.3 Å². The van der Waals surface area contributed by atoms with E-state index in [9.17, 15) is 9.18 Å². The molecular formula is C20H24ClFN2O2. The Balaban J connectivity index is 0.00000243. The highest BCUT2D eigenvalue weighted by molar-refractivity contribution is 6.04. The van der Waals surface area contributed by atoms with Gasteiger partial charge in [-0.15, -0.1) is 12.4 Å². The lowest BCUT2D eigenvalue weighted by Gasteiger charge is -2.19. The number of hydrogen-bond donors (Lipinski definition) is 2. The fourth-order valence-electron chi connectivity index (χ4n) is 2.81. The number of halogens is 2. The van der Waals surface area contributed by atoms with Crippen molar-refractivity contribution in [2.45, 2.75) is 26.8 Å². The molecule has 1 amide bonds. The van der Waals surface area contributed by atoms with Gasteiger partial charge in [-0.2, -0.15) is 0 Å². The van der Waals surface area contributed by atoms with Crippen LogP contribution in [0.4, 0.5) is 10.1 Å². The molecule has 0 bridgehead atoms. The first-order valence-electron chi connectivity index (χ1n) is 8.60. The molecule has 0 fully saturated rings. The standard InChI is InChI=1S/C20H23FN2O2.ClH/c1-13(2)12-25-16-5-3-4-14(10-16)20(24)23-18-7-6-15-11-22-9-8-17(15)19(18)21;/h3-7,10,13,22H,8-9,11-12H2,1-2H3,(H,23,24);1H. The van der Waals surface area contributed by atoms with E-state index in [0.29, 0.717) is 42.4 Å². The van der Waals surface area contributed by atoms with Crippen LogP contribution in [-0.2, 0) is 13.0 Å². The molecule has 2 aromatic carbocycles. The Hall–Kier alpha value is -2.11. The van der Waals surface area contributed by atoms with Crippen molar-refractivity contribution in [2.24, 2.45) is 5.92 Å². The van der Waals surface area contributed by atoms with Crippen LogP contribution in [0.5, 0.6) is 5.75 Å². The molecule has 6 heteroatoms. The van der Waals surface area contributed by atoms with Crippen LogP contribution in [0, 0.1) is 11.7 Å². The maximum atomic E-state index is 14.7. The lowest BCUT2D eigenvalue weighted by atomic mass is 9.99. The fourth-order valence-corrected chi connectivity index (χ4v) is 2.81. The van der Waals surface area contributed by atoms with Crippen LogP contribution in [-0.4, -0.2) is 19.1 Å². The molecule has 0 saturated carbocycles. The highest BCUT2D eigenvalue weighted by Crippen LogP contribution is 2.25. The Labute approximate surface area is 159 Å². The van der Waals surface area contributed by atoms with E-state index in [1.807, 2.05) is 12.1 Å². The molecule has 0 aromatic heterocycles. The predicted octanol–water partition coefficient (Wildman–Crippen LogP) is 4.18. The van der Waals surface area contributed by atoms with E-state index >= 15 is 0 Å². The first kappa shape index (κ1) is 20.2. The van der Waals surface area contributed by atoms with E-state index in [0.717, 1.165) is 12.1 Å². The normalized spacial score (nSPS) is 12.9. The maximum absolute atomic E-state index is 14.7. The summed E-state index contributed by atoms with van der Waals surface area (Å²) in [4.78, 5) is 12.5. The first-order valence-corrected chi connectivity index (χ1v) is 8.60. The largest absolute Gasteiger partial charge is 0.493 e. The zero-order chi connectivity index (χ0) is 17.8. The summed E-state index contributed by atoms with van der Waals surface area (Å²) in [6, 6.07) is 10.4. The minimum atomic E-state index is -0.345. The number of carbonyl (C=O) groups excluding carboxylic acids is 1. The molecule has 2 aromatic rings. The summed E-state index contributed by atoms with van der Waals surface area (Å²) in [5, 5.41) is 5.89. The number of hydrogen-bond acceptors (Lipinski definition) is 3. The van der Waals surface area contributed by atoms with Gasteiger partial charge in [0.1, 0.15) is 11.6 Å². The van der Waals surface area contributed by atoms with Gasteiger partial charge >= 0.3 is 0 Å². The molecule has 1 heterocycles. The third-order valence-electron chi connectivity index (χ3n) is 4.14. The molecule has 1 aliphatic heterocycles. The van der Waals surface area contributed by atoms with Gasteiger partial charge in [0.05, 0.1) is 12.3 Å². The van der Waals surface area contributed by atoms with Crippen molar-refractivity contribution in [1.82, 2.24) is 5.32 Å². The van der Waals surface area contributed by atoms with Crippen molar-refractivity contribution in [3.05, 3.63) is 58.9 Å². The molecular weight excluding hydrogens is 355 g/mol. The Bertz CT molecular complexity index is 780. The predicted molar refractivity (Wildman–Crippen MR) is 104 cm³/mol. The van der Waals surface area contributed by atoms with Gasteiger partial charge in [0.25, 0.3) is 5.91 Å². The first-order chi connectivity index (χ1) is 12.0. The molecule has 0 saturated heterocycles. The van der Waals surface area contributed by atoms with Gasteiger partial charge < -0.3 is 15.4 Å². The highest BCUT2D eigenvalue weighted by atomic mass is 35.5. The monoisotopic (exact) mass is 378 g/mol. The SMILES string of the molecule is CC(C)COc1cccc(C(=O)Nc2ccc3c(c2F)CCNC3)c1.Cl. The number of amides is 1. The number of carbonyl (C=O) groups is 1. The van der Waals surface area contributed by atoms with Crippen molar-refractivity contribution in [3.63, 3.8) is 0 Å². The number of benzene rings is 2. The molecule has 0 radical (unpaired) electrons. The van der Waals surface area contributed by atoms with E-state index < -0.39 is 0 Å². The van der Waals surface area contributed by atoms with Gasteiger partial charge in [0.2, 0.25) is 0 Å². The minimum absolute atomic E-state index is 0. The average molecular weight is 379 g/mol. The number of fused-ring (bicyclic) bond motifs is 1. The van der Waals surface area contributed by atoms with Gasteiger partial charge in [-0.25, -0.2) is 4.39 Å². The lowest BCUT2D eigenvalue weighted by molar-refractivity contribution is 0.102. The molecule has 26 heavy (non-hydrogen) atoms. The zero-order valence-corrected chi connectivity index (χ0v) is 15.8. The van der Waals surface area contributed by atoms with Crippen molar-refractivity contribution < 1.29 is 13.9 Å². The Morgan fingerprint density at radius 2 is 2.12 bits per heavy atom. The van der Waals surface area contributed by atoms with Gasteiger partial charge in [-0.1, -0.05) is 26.0 Å². The molecule has 0 spiro atoms. The van der Waals surface area contributed by atoms with Crippen LogP contribution < -0.4 is 15.4 Å². The topological polar surface area (TPSA) is 50.4 Å². The van der Waals surface area contributed by atoms with Crippen LogP contribution in [0.1, 0.15) is 35.3 Å². The third kappa shape index (κ3) is 4.74. The second-order valence-electron chi connectivity index (χ2n) is 6.68. The van der Waals surface area contributed by atoms with Crippen molar-refractivity contribution in [3.8, 4) is 5.75 Å². The summed E-state index contributed by atoms with van der Waals surface area (Å²) >= 11 is 0. The minimum Gasteiger partial charge on any atom is -0.493 e. The summed E-state index contributed by atoms with van der Waals surface area (Å²) < 4.78 is 20.3. The fraction of sp³-hybridized carbons (Fsp3) is 0.350. The molecule has 1 aliphatic rings. The molecule has 0 unspecified atom stereocenters. The lowest BCUT2D eigenvalue weighted by Crippen LogP contribution is -2.25. The van der Waals surface area contributed by atoms with Crippen LogP contribution in [0.2, 0.25) is 0 Å². The van der Waals surface area contributed by atoms with Gasteiger partial charge in [-0.3, -0.25) is 4.79 Å². The zero-order valence-electron chi connectivity index (χ0n) is 15.0. The second kappa shape index (κ2) is 9.01. The Morgan fingerprint density at radius 1 is 1.31 bits per heavy atom. The second-order valence-corrected chi connectivity index (χ2v) is 6.68. The van der Waals surface area contributed by atoms with Crippen molar-refractivity contribution in [1.29, 1.82) is 0 Å². The third-order valence-corrected chi connectivity index (χ3v) is 4.14. The van der Waals surface area contributed by atoms with E-state index in [2.05, 4.69) is 24.5 Å². The van der Waals surface area contributed by atoms with Crippen molar-refractivity contribution >= 4 is 24.0 Å². The number of anilines is 1. The number of ether oxygens (including phenoxy) is 1. The summed E-state index contributed by atoms with van der Waals surface area (Å²) in [5.74, 6) is 0.359. The number of nitrogens with one attached hydrogen (secondary N) is 2. The van der Waals surface area contributed by atoms with Crippen molar-refractivity contribution in [2.75, 3.05) is 18.5 Å². The molecule has 2 N–H and O–H groups in total. The van der Waals surface area contributed by atoms with E-state index in [4.69, 9.17) is 4.74 Å². The quantitative estimate of drug-likeness (QED) is 0.820. The molecule has 0 aliphatic carbocycles. The highest BCUT2D eigenvalue weighted by Gasteiger charge is 2.18. The molecule has 0 atom stereocenters. The van der Waals surface area contributed by atoms with E-state index in [-0.39, 0.29) is 29.8 Å². The summed E-state index contributed by atoms with van der Waals surface area (Å²) in [5.41, 5.74) is 2.30. The molecule has 4 nitrogen and oxygen atoms in total. The summed E-state index contributed by atoms with van der Waals surface area (Å²) in [7, 11) is 0. The summed E-state index contributed by atoms with van der Waals surface area (Å²) in [6.45, 7) is 6.11. The molecule has 3 rings (SSSR count). The molecule has 140 valence electrons. The van der Waals surface area contributed by atoms with Crippen LogP contribution in [0.25, 0.3) is 0 Å². The maximum Gasteiger partial charge on any atom is 0.255 e. The van der Waals surface area contributed by atoms with Crippen LogP contribution in [0.15, 0.2) is 36.4 Å². The summed E-state index contributed by atoms with van der Waals surface area (Å²) in [6.07, 6.45) is 0.628. The van der Waals surface area contributed by atoms with Gasteiger partial charge in [0.15, 0.2) is 0 Å². The average Bonchev–Trinajstić information content (AvgIpc) is 2.62. The Kier molecular flexibility index (Phi) is 7.00. The smallest absolute Gasteiger partial charge is 0.255 e. The Morgan fingerprint density at radius 3 is 2.88 bits per heavy atom. The van der Waals surface area contributed by atoms with E-state index in [1.165, 1.54) is 0 Å². The van der Waals surface area contributed by atoms with Crippen LogP contribution in [0.3, 0.4) is 0 Å². The van der Waals surface area contributed by atoms with Gasteiger partial charge in [0, 0.05) is 12.1 Å². The van der Waals surface area contributed by atoms with Gasteiger partial charge in [-0.05, 0) is 54.3 Å². The number of rotatable bonds is 5. The van der Waals surface area contributed by atoms with Crippen LogP contribution >= 0.6 is 12.4 Å².